The van der Waals surface area contributed by atoms with Crippen molar-refractivity contribution in [1.29, 1.82) is 0 Å². The van der Waals surface area contributed by atoms with Crippen molar-refractivity contribution in [2.45, 2.75) is 32.1 Å². The molecule has 0 bridgehead atoms. The lowest BCUT2D eigenvalue weighted by atomic mass is 10.1. The fourth-order valence-corrected chi connectivity index (χ4v) is 3.68. The van der Waals surface area contributed by atoms with E-state index in [2.05, 4.69) is 35.3 Å². The van der Waals surface area contributed by atoms with Gasteiger partial charge >= 0.3 is 0 Å². The van der Waals surface area contributed by atoms with Crippen LogP contribution in [0.5, 0.6) is 5.88 Å². The first kappa shape index (κ1) is 19.4. The molecule has 2 aromatic rings. The lowest BCUT2D eigenvalue weighted by Crippen LogP contribution is -2.30. The largest absolute Gasteiger partial charge is 0.476 e. The van der Waals surface area contributed by atoms with Gasteiger partial charge < -0.3 is 19.9 Å². The Morgan fingerprint density at radius 3 is 2.38 bits per heavy atom. The first-order chi connectivity index (χ1) is 14.3. The molecule has 0 atom stereocenters. The molecule has 1 N–H and O–H groups in total. The van der Waals surface area contributed by atoms with Crippen LogP contribution in [0.1, 0.15) is 42.6 Å². The Kier molecular flexibility index (Phi) is 6.33. The third kappa shape index (κ3) is 5.10. The van der Waals surface area contributed by atoms with Crippen LogP contribution in [0, 0.1) is 0 Å². The molecule has 2 aliphatic heterocycles. The summed E-state index contributed by atoms with van der Waals surface area (Å²) in [5.41, 5.74) is 0.308. The number of aromatic nitrogens is 4. The summed E-state index contributed by atoms with van der Waals surface area (Å²) in [6.45, 7) is 4.72. The summed E-state index contributed by atoms with van der Waals surface area (Å²) in [4.78, 5) is 25.2. The van der Waals surface area contributed by atoms with Crippen molar-refractivity contribution in [2.24, 2.45) is 0 Å². The fraction of sp³-hybridized carbons (Fsp3) is 0.550. The Balaban J connectivity index is 1.22. The highest BCUT2D eigenvalue weighted by atomic mass is 16.5. The summed E-state index contributed by atoms with van der Waals surface area (Å²) in [5, 5.41) is 11.0. The van der Waals surface area contributed by atoms with E-state index < -0.39 is 0 Å². The average molecular weight is 397 g/mol. The van der Waals surface area contributed by atoms with E-state index in [9.17, 15) is 4.79 Å². The minimum atomic E-state index is -0.259. The van der Waals surface area contributed by atoms with E-state index in [1.54, 1.807) is 6.07 Å². The predicted octanol–water partition coefficient (Wildman–Crippen LogP) is 1.67. The summed E-state index contributed by atoms with van der Waals surface area (Å²) in [7, 11) is 0. The fourth-order valence-electron chi connectivity index (χ4n) is 3.68. The lowest BCUT2D eigenvalue weighted by Gasteiger charge is -2.27. The molecule has 2 saturated heterocycles. The van der Waals surface area contributed by atoms with Gasteiger partial charge in [-0.2, -0.15) is 0 Å². The maximum Gasteiger partial charge on any atom is 0.271 e. The number of amides is 1. The van der Waals surface area contributed by atoms with E-state index in [1.807, 2.05) is 12.1 Å². The van der Waals surface area contributed by atoms with Gasteiger partial charge in [0.05, 0.1) is 6.54 Å². The van der Waals surface area contributed by atoms with Gasteiger partial charge in [0.1, 0.15) is 18.8 Å². The van der Waals surface area contributed by atoms with E-state index in [0.29, 0.717) is 24.7 Å². The third-order valence-electron chi connectivity index (χ3n) is 5.26. The molecule has 9 nitrogen and oxygen atoms in total. The highest BCUT2D eigenvalue weighted by Gasteiger charge is 2.16. The molecule has 9 heteroatoms. The van der Waals surface area contributed by atoms with Crippen molar-refractivity contribution in [3.8, 4) is 5.88 Å². The van der Waals surface area contributed by atoms with Gasteiger partial charge in [-0.1, -0.05) is 0 Å². The van der Waals surface area contributed by atoms with E-state index in [-0.39, 0.29) is 5.91 Å². The molecule has 0 radical (unpaired) electrons. The maximum absolute atomic E-state index is 12.2. The molecule has 2 aromatic heterocycles. The summed E-state index contributed by atoms with van der Waals surface area (Å²) in [5.74, 6) is 1.98. The van der Waals surface area contributed by atoms with Crippen molar-refractivity contribution in [3.05, 3.63) is 30.2 Å². The molecule has 154 valence electrons. The quantitative estimate of drug-likeness (QED) is 0.705. The van der Waals surface area contributed by atoms with Crippen molar-refractivity contribution < 1.29 is 9.53 Å². The van der Waals surface area contributed by atoms with Gasteiger partial charge in [0.25, 0.3) is 5.91 Å². The molecule has 4 heterocycles. The molecule has 0 saturated carbocycles. The second-order valence-electron chi connectivity index (χ2n) is 7.34. The highest BCUT2D eigenvalue weighted by molar-refractivity contribution is 5.92. The number of carbonyl (C=O) groups is 1. The monoisotopic (exact) mass is 397 g/mol. The number of carbonyl (C=O) groups excluding carboxylic acids is 1. The smallest absolute Gasteiger partial charge is 0.271 e. The number of anilines is 2. The zero-order chi connectivity index (χ0) is 19.9. The van der Waals surface area contributed by atoms with Crippen LogP contribution < -0.4 is 19.9 Å². The average Bonchev–Trinajstić information content (AvgIpc) is 3.32. The Labute approximate surface area is 170 Å². The first-order valence-electron chi connectivity index (χ1n) is 10.4. The molecule has 2 aliphatic rings. The van der Waals surface area contributed by atoms with E-state index in [1.165, 1.54) is 38.4 Å². The van der Waals surface area contributed by atoms with Gasteiger partial charge in [-0.05, 0) is 44.2 Å². The number of hydrogen-bond donors (Lipinski definition) is 1. The second-order valence-corrected chi connectivity index (χ2v) is 7.34. The zero-order valence-corrected chi connectivity index (χ0v) is 16.6. The minimum absolute atomic E-state index is 0.259. The standard InChI is InChI=1S/C20H27N7O2/c28-20(16-6-7-17(25-24-16)26-11-4-5-12-26)21-8-13-29-19-14-18(22-15-23-19)27-9-2-1-3-10-27/h6-7,14-15H,1-5,8-13H2,(H,21,28). The van der Waals surface area contributed by atoms with Gasteiger partial charge in [-0.15, -0.1) is 10.2 Å². The topological polar surface area (TPSA) is 96.4 Å². The minimum Gasteiger partial charge on any atom is -0.476 e. The van der Waals surface area contributed by atoms with Crippen LogP contribution in [0.4, 0.5) is 11.6 Å². The van der Waals surface area contributed by atoms with Crippen LogP contribution >= 0.6 is 0 Å². The molecule has 1 amide bonds. The van der Waals surface area contributed by atoms with Crippen LogP contribution in [0.25, 0.3) is 0 Å². The Morgan fingerprint density at radius 1 is 0.931 bits per heavy atom. The van der Waals surface area contributed by atoms with E-state index >= 15 is 0 Å². The Morgan fingerprint density at radius 2 is 1.66 bits per heavy atom. The number of nitrogens with one attached hydrogen (secondary N) is 1. The molecule has 2 fully saturated rings. The van der Waals surface area contributed by atoms with E-state index in [0.717, 1.165) is 37.8 Å². The van der Waals surface area contributed by atoms with Gasteiger partial charge in [-0.25, -0.2) is 9.97 Å². The molecule has 0 unspecified atom stereocenters. The number of ether oxygens (including phenoxy) is 1. The van der Waals surface area contributed by atoms with Crippen LogP contribution in [-0.2, 0) is 0 Å². The van der Waals surface area contributed by atoms with E-state index in [4.69, 9.17) is 4.74 Å². The van der Waals surface area contributed by atoms with Crippen molar-refractivity contribution in [1.82, 2.24) is 25.5 Å². The Hall–Kier alpha value is -2.97. The number of nitrogens with zero attached hydrogens (tertiary/aromatic N) is 6. The molecule has 0 aromatic carbocycles. The number of piperidine rings is 1. The number of rotatable bonds is 7. The summed E-state index contributed by atoms with van der Waals surface area (Å²) in [6, 6.07) is 5.43. The van der Waals surface area contributed by atoms with Crippen LogP contribution in [0.2, 0.25) is 0 Å². The van der Waals surface area contributed by atoms with Crippen molar-refractivity contribution >= 4 is 17.5 Å². The molecular weight excluding hydrogens is 370 g/mol. The first-order valence-corrected chi connectivity index (χ1v) is 10.4. The molecule has 4 rings (SSSR count). The highest BCUT2D eigenvalue weighted by Crippen LogP contribution is 2.20. The maximum atomic E-state index is 12.2. The summed E-state index contributed by atoms with van der Waals surface area (Å²) < 4.78 is 5.68. The zero-order valence-electron chi connectivity index (χ0n) is 16.6. The second kappa shape index (κ2) is 9.49. The molecular formula is C20H27N7O2. The van der Waals surface area contributed by atoms with Crippen LogP contribution in [0.3, 0.4) is 0 Å². The van der Waals surface area contributed by atoms with Gasteiger partial charge in [0, 0.05) is 32.2 Å². The van der Waals surface area contributed by atoms with Gasteiger partial charge in [0.2, 0.25) is 5.88 Å². The predicted molar refractivity (Wildman–Crippen MR) is 109 cm³/mol. The van der Waals surface area contributed by atoms with Crippen molar-refractivity contribution in [3.63, 3.8) is 0 Å². The molecule has 0 spiro atoms. The van der Waals surface area contributed by atoms with Gasteiger partial charge in [0.15, 0.2) is 11.5 Å². The van der Waals surface area contributed by atoms with Crippen LogP contribution in [0.15, 0.2) is 24.5 Å². The van der Waals surface area contributed by atoms with Crippen molar-refractivity contribution in [2.75, 3.05) is 49.1 Å². The normalized spacial score (nSPS) is 16.7. The third-order valence-corrected chi connectivity index (χ3v) is 5.26. The summed E-state index contributed by atoms with van der Waals surface area (Å²) >= 11 is 0. The van der Waals surface area contributed by atoms with Crippen LogP contribution in [-0.4, -0.2) is 65.4 Å². The number of hydrogen-bond acceptors (Lipinski definition) is 8. The Bertz CT molecular complexity index is 803. The SMILES string of the molecule is O=C(NCCOc1cc(N2CCCCC2)ncn1)c1ccc(N2CCCC2)nn1. The molecule has 0 aliphatic carbocycles. The summed E-state index contributed by atoms with van der Waals surface area (Å²) in [6.07, 6.45) is 7.53. The lowest BCUT2D eigenvalue weighted by molar-refractivity contribution is 0.0940. The molecule has 29 heavy (non-hydrogen) atoms. The van der Waals surface area contributed by atoms with Gasteiger partial charge in [-0.3, -0.25) is 4.79 Å².